The summed E-state index contributed by atoms with van der Waals surface area (Å²) in [4.78, 5) is 63.8. The van der Waals surface area contributed by atoms with Crippen molar-refractivity contribution in [2.45, 2.75) is 57.3 Å². The number of aliphatic hydroxyl groups is 1. The number of benzene rings is 1. The number of carbonyl (C=O) groups is 5. The Morgan fingerprint density at radius 3 is 2.19 bits per heavy atom. The highest BCUT2D eigenvalue weighted by atomic mass is 16.4. The molecule has 4 atom stereocenters. The normalized spacial score (nSPS) is 14.4. The lowest BCUT2D eigenvalue weighted by Crippen LogP contribution is -2.59. The zero-order valence-electron chi connectivity index (χ0n) is 20.6. The van der Waals surface area contributed by atoms with E-state index in [4.69, 9.17) is 21.1 Å². The van der Waals surface area contributed by atoms with E-state index in [1.165, 1.54) is 0 Å². The third kappa shape index (κ3) is 8.29. The lowest BCUT2D eigenvalue weighted by molar-refractivity contribution is -0.143. The number of carbonyl (C=O) groups excluding carboxylic acids is 3. The smallest absolute Gasteiger partial charge is 0.328 e. The maximum absolute atomic E-state index is 13.0. The van der Waals surface area contributed by atoms with Gasteiger partial charge in [-0.3, -0.25) is 19.2 Å². The first-order valence-corrected chi connectivity index (χ1v) is 11.7. The highest BCUT2D eigenvalue weighted by molar-refractivity contribution is 5.94. The number of carboxylic acid groups (broad SMARTS) is 2. The number of rotatable bonds is 14. The van der Waals surface area contributed by atoms with Gasteiger partial charge in [-0.15, -0.1) is 0 Å². The van der Waals surface area contributed by atoms with Gasteiger partial charge in [0.1, 0.15) is 18.1 Å². The van der Waals surface area contributed by atoms with Crippen LogP contribution in [0.3, 0.4) is 0 Å². The van der Waals surface area contributed by atoms with E-state index in [1.54, 1.807) is 20.0 Å². The third-order valence-corrected chi connectivity index (χ3v) is 5.78. The second-order valence-electron chi connectivity index (χ2n) is 8.98. The molecule has 0 saturated carbocycles. The molecular weight excluding hydrogens is 486 g/mol. The number of H-pyrrole nitrogens is 1. The van der Waals surface area contributed by atoms with Gasteiger partial charge in [-0.2, -0.15) is 0 Å². The average molecular weight is 520 g/mol. The van der Waals surface area contributed by atoms with Crippen molar-refractivity contribution in [1.82, 2.24) is 20.9 Å². The van der Waals surface area contributed by atoms with E-state index in [0.717, 1.165) is 16.5 Å². The first-order chi connectivity index (χ1) is 17.4. The number of aliphatic hydroxyl groups excluding tert-OH is 1. The number of hydrogen-bond acceptors (Lipinski definition) is 7. The van der Waals surface area contributed by atoms with Crippen LogP contribution >= 0.6 is 0 Å². The van der Waals surface area contributed by atoms with Crippen LogP contribution in [0.4, 0.5) is 0 Å². The summed E-state index contributed by atoms with van der Waals surface area (Å²) in [6.07, 6.45) is 1.17. The van der Waals surface area contributed by atoms with Crippen molar-refractivity contribution in [1.29, 1.82) is 0 Å². The van der Waals surface area contributed by atoms with Gasteiger partial charge in [-0.1, -0.05) is 32.0 Å². The van der Waals surface area contributed by atoms with E-state index >= 15 is 0 Å². The molecule has 0 radical (unpaired) electrons. The van der Waals surface area contributed by atoms with E-state index in [-0.39, 0.29) is 12.8 Å². The molecule has 0 spiro atoms. The molecule has 1 heterocycles. The monoisotopic (exact) mass is 519 g/mol. The Labute approximate surface area is 212 Å². The molecule has 0 bridgehead atoms. The first kappa shape index (κ1) is 29.3. The first-order valence-electron chi connectivity index (χ1n) is 11.7. The number of aromatic nitrogens is 1. The van der Waals surface area contributed by atoms with Crippen LogP contribution in [0.25, 0.3) is 10.9 Å². The number of nitrogens with one attached hydrogen (secondary N) is 4. The molecule has 3 amide bonds. The highest BCUT2D eigenvalue weighted by Crippen LogP contribution is 2.19. The van der Waals surface area contributed by atoms with Gasteiger partial charge in [-0.25, -0.2) is 4.79 Å². The third-order valence-electron chi connectivity index (χ3n) is 5.78. The van der Waals surface area contributed by atoms with Crippen LogP contribution in [0.15, 0.2) is 30.5 Å². The van der Waals surface area contributed by atoms with Crippen molar-refractivity contribution in [3.05, 3.63) is 36.0 Å². The molecule has 202 valence electrons. The standard InChI is InChI=1S/C24H33N5O8/c1-12(2)20(23(35)28-18(11-30)24(36)37)29-22(34)17(7-8-19(31)32)27-21(33)15(25)9-13-10-26-16-6-4-3-5-14(13)16/h3-6,10,12,15,17-18,20,26,30H,7-9,11,25H2,1-2H3,(H,27,33)(H,28,35)(H,29,34)(H,31,32)(H,36,37). The summed E-state index contributed by atoms with van der Waals surface area (Å²) in [7, 11) is 0. The summed E-state index contributed by atoms with van der Waals surface area (Å²) in [5.41, 5.74) is 7.74. The molecular formula is C24H33N5O8. The number of hydrogen-bond donors (Lipinski definition) is 8. The quantitative estimate of drug-likeness (QED) is 0.154. The van der Waals surface area contributed by atoms with Crippen molar-refractivity contribution in [2.24, 2.45) is 11.7 Å². The molecule has 4 unspecified atom stereocenters. The zero-order valence-corrected chi connectivity index (χ0v) is 20.6. The number of aromatic amines is 1. The Morgan fingerprint density at radius 2 is 1.59 bits per heavy atom. The maximum Gasteiger partial charge on any atom is 0.328 e. The van der Waals surface area contributed by atoms with E-state index < -0.39 is 72.8 Å². The van der Waals surface area contributed by atoms with Crippen molar-refractivity contribution < 1.29 is 39.3 Å². The van der Waals surface area contributed by atoms with Gasteiger partial charge in [-0.05, 0) is 30.4 Å². The Morgan fingerprint density at radius 1 is 0.946 bits per heavy atom. The predicted octanol–water partition coefficient (Wildman–Crippen LogP) is -0.910. The number of amides is 3. The fourth-order valence-corrected chi connectivity index (χ4v) is 3.68. The molecule has 2 rings (SSSR count). The average Bonchev–Trinajstić information content (AvgIpc) is 3.25. The van der Waals surface area contributed by atoms with Crippen molar-refractivity contribution in [3.8, 4) is 0 Å². The van der Waals surface area contributed by atoms with Crippen LogP contribution in [-0.4, -0.2) is 80.7 Å². The molecule has 0 aliphatic carbocycles. The summed E-state index contributed by atoms with van der Waals surface area (Å²) >= 11 is 0. The lowest BCUT2D eigenvalue weighted by Gasteiger charge is -2.26. The Bertz CT molecular complexity index is 1130. The fourth-order valence-electron chi connectivity index (χ4n) is 3.68. The number of carboxylic acids is 2. The van der Waals surface area contributed by atoms with Crippen LogP contribution in [0.1, 0.15) is 32.3 Å². The minimum absolute atomic E-state index is 0.151. The highest BCUT2D eigenvalue weighted by Gasteiger charge is 2.32. The van der Waals surface area contributed by atoms with E-state index in [1.807, 2.05) is 24.3 Å². The second-order valence-corrected chi connectivity index (χ2v) is 8.98. The molecule has 0 aliphatic rings. The summed E-state index contributed by atoms with van der Waals surface area (Å²) in [6.45, 7) is 2.34. The number of aliphatic carboxylic acids is 2. The fraction of sp³-hybridized carbons (Fsp3) is 0.458. The van der Waals surface area contributed by atoms with Crippen molar-refractivity contribution in [3.63, 3.8) is 0 Å². The largest absolute Gasteiger partial charge is 0.481 e. The van der Waals surface area contributed by atoms with Crippen LogP contribution < -0.4 is 21.7 Å². The van der Waals surface area contributed by atoms with Gasteiger partial charge in [0.2, 0.25) is 17.7 Å². The van der Waals surface area contributed by atoms with Crippen LogP contribution in [0.2, 0.25) is 0 Å². The molecule has 2 aromatic rings. The molecule has 0 fully saturated rings. The molecule has 0 saturated heterocycles. The minimum atomic E-state index is -1.57. The summed E-state index contributed by atoms with van der Waals surface area (Å²) in [5, 5.41) is 35.2. The molecule has 1 aromatic heterocycles. The summed E-state index contributed by atoms with van der Waals surface area (Å²) in [6, 6.07) is 2.29. The molecule has 37 heavy (non-hydrogen) atoms. The Kier molecular flexibility index (Phi) is 10.6. The molecule has 1 aromatic carbocycles. The second kappa shape index (κ2) is 13.4. The maximum atomic E-state index is 13.0. The minimum Gasteiger partial charge on any atom is -0.481 e. The summed E-state index contributed by atoms with van der Waals surface area (Å²) in [5.74, 6) is -5.53. The van der Waals surface area contributed by atoms with Crippen molar-refractivity contribution in [2.75, 3.05) is 6.61 Å². The van der Waals surface area contributed by atoms with E-state index in [0.29, 0.717) is 0 Å². The Balaban J connectivity index is 2.12. The number of fused-ring (bicyclic) bond motifs is 1. The van der Waals surface area contributed by atoms with Gasteiger partial charge >= 0.3 is 11.9 Å². The molecule has 13 heteroatoms. The SMILES string of the molecule is CC(C)C(NC(=O)C(CCC(=O)O)NC(=O)C(N)Cc1c[nH]c2ccccc12)C(=O)NC(CO)C(=O)O. The number of nitrogens with two attached hydrogens (primary N) is 1. The van der Waals surface area contributed by atoms with Crippen molar-refractivity contribution >= 4 is 40.6 Å². The Hall–Kier alpha value is -3.97. The van der Waals surface area contributed by atoms with Crippen LogP contribution in [-0.2, 0) is 30.4 Å². The van der Waals surface area contributed by atoms with Crippen LogP contribution in [0.5, 0.6) is 0 Å². The van der Waals surface area contributed by atoms with E-state index in [2.05, 4.69) is 20.9 Å². The van der Waals surface area contributed by atoms with Gasteiger partial charge < -0.3 is 42.0 Å². The van der Waals surface area contributed by atoms with Gasteiger partial charge in [0, 0.05) is 23.5 Å². The lowest BCUT2D eigenvalue weighted by atomic mass is 10.0. The molecule has 9 N–H and O–H groups in total. The summed E-state index contributed by atoms with van der Waals surface area (Å²) < 4.78 is 0. The molecule has 0 aliphatic heterocycles. The van der Waals surface area contributed by atoms with Gasteiger partial charge in [0.25, 0.3) is 0 Å². The van der Waals surface area contributed by atoms with Gasteiger partial charge in [0.15, 0.2) is 0 Å². The molecule has 13 nitrogen and oxygen atoms in total. The van der Waals surface area contributed by atoms with Crippen LogP contribution in [0, 0.1) is 5.92 Å². The van der Waals surface area contributed by atoms with E-state index in [9.17, 15) is 24.0 Å². The zero-order chi connectivity index (χ0) is 27.7. The topological polar surface area (TPSA) is 224 Å². The van der Waals surface area contributed by atoms with Gasteiger partial charge in [0.05, 0.1) is 12.6 Å². The number of para-hydroxylation sites is 1. The predicted molar refractivity (Wildman–Crippen MR) is 132 cm³/mol.